The van der Waals surface area contributed by atoms with Gasteiger partial charge in [0.2, 0.25) is 0 Å². The highest BCUT2D eigenvalue weighted by Crippen LogP contribution is 2.21. The van der Waals surface area contributed by atoms with E-state index in [4.69, 9.17) is 16.9 Å². The number of aromatic nitrogens is 2. The van der Waals surface area contributed by atoms with Gasteiger partial charge >= 0.3 is 0 Å². The van der Waals surface area contributed by atoms with Crippen LogP contribution in [0.4, 0.5) is 0 Å². The van der Waals surface area contributed by atoms with Gasteiger partial charge in [-0.05, 0) is 12.1 Å². The molecule has 5 heteroatoms. The van der Waals surface area contributed by atoms with Crippen LogP contribution in [0.15, 0.2) is 35.1 Å². The number of hydrogen-bond donors (Lipinski definition) is 0. The molecule has 1 aromatic carbocycles. The number of hydrogen-bond acceptors (Lipinski definition) is 3. The molecule has 0 saturated carbocycles. The van der Waals surface area contributed by atoms with Crippen molar-refractivity contribution in [3.63, 3.8) is 0 Å². The standard InChI is InChI=1S/C12H8ClN3O/c1-16-11(17)6-9(7-14)12(15-16)8-2-4-10(13)5-3-8/h2-6H,1H3. The van der Waals surface area contributed by atoms with Gasteiger partial charge in [-0.25, -0.2) is 4.68 Å². The fourth-order valence-corrected chi connectivity index (χ4v) is 1.57. The zero-order valence-electron chi connectivity index (χ0n) is 9.01. The number of halogens is 1. The molecule has 0 spiro atoms. The number of rotatable bonds is 1. The molecule has 0 radical (unpaired) electrons. The summed E-state index contributed by atoms with van der Waals surface area (Å²) in [7, 11) is 1.54. The van der Waals surface area contributed by atoms with Crippen molar-refractivity contribution < 1.29 is 0 Å². The third kappa shape index (κ3) is 2.19. The first-order chi connectivity index (χ1) is 8.11. The van der Waals surface area contributed by atoms with Crippen LogP contribution in [-0.2, 0) is 7.05 Å². The highest BCUT2D eigenvalue weighted by atomic mass is 35.5. The third-order valence-electron chi connectivity index (χ3n) is 2.33. The van der Waals surface area contributed by atoms with Crippen molar-refractivity contribution in [2.75, 3.05) is 0 Å². The monoisotopic (exact) mass is 245 g/mol. The Bertz CT molecular complexity index is 653. The predicted octanol–water partition coefficient (Wildman–Crippen LogP) is 1.97. The molecule has 0 aliphatic heterocycles. The van der Waals surface area contributed by atoms with Crippen molar-refractivity contribution in [2.45, 2.75) is 0 Å². The summed E-state index contributed by atoms with van der Waals surface area (Å²) in [5.74, 6) is 0. The molecule has 0 N–H and O–H groups in total. The van der Waals surface area contributed by atoms with Gasteiger partial charge in [0.1, 0.15) is 11.8 Å². The van der Waals surface area contributed by atoms with Gasteiger partial charge in [-0.2, -0.15) is 10.4 Å². The van der Waals surface area contributed by atoms with Gasteiger partial charge in [0.25, 0.3) is 5.56 Å². The van der Waals surface area contributed by atoms with E-state index in [1.807, 2.05) is 6.07 Å². The Labute approximate surface area is 103 Å². The minimum atomic E-state index is -0.306. The lowest BCUT2D eigenvalue weighted by Crippen LogP contribution is -2.20. The molecule has 0 bridgehead atoms. The summed E-state index contributed by atoms with van der Waals surface area (Å²) in [5.41, 5.74) is 1.18. The fourth-order valence-electron chi connectivity index (χ4n) is 1.44. The molecule has 0 fully saturated rings. The normalized spacial score (nSPS) is 9.94. The molecule has 2 aromatic rings. The van der Waals surface area contributed by atoms with Crippen molar-refractivity contribution in [1.82, 2.24) is 9.78 Å². The SMILES string of the molecule is Cn1nc(-c2ccc(Cl)cc2)c(C#N)cc1=O. The second-order valence-corrected chi connectivity index (χ2v) is 3.92. The smallest absolute Gasteiger partial charge is 0.267 e. The van der Waals surface area contributed by atoms with E-state index in [0.29, 0.717) is 10.7 Å². The minimum absolute atomic E-state index is 0.260. The maximum absolute atomic E-state index is 11.4. The van der Waals surface area contributed by atoms with E-state index in [0.717, 1.165) is 5.56 Å². The van der Waals surface area contributed by atoms with E-state index in [1.165, 1.54) is 10.7 Å². The lowest BCUT2D eigenvalue weighted by Gasteiger charge is -2.05. The average molecular weight is 246 g/mol. The van der Waals surface area contributed by atoms with Crippen LogP contribution < -0.4 is 5.56 Å². The van der Waals surface area contributed by atoms with E-state index in [-0.39, 0.29) is 11.1 Å². The van der Waals surface area contributed by atoms with Crippen molar-refractivity contribution >= 4 is 11.6 Å². The molecule has 0 unspecified atom stereocenters. The third-order valence-corrected chi connectivity index (χ3v) is 2.58. The van der Waals surface area contributed by atoms with Crippen LogP contribution in [0, 0.1) is 11.3 Å². The average Bonchev–Trinajstić information content (AvgIpc) is 2.33. The maximum Gasteiger partial charge on any atom is 0.267 e. The summed E-state index contributed by atoms with van der Waals surface area (Å²) in [6, 6.07) is 10.2. The molecule has 2 rings (SSSR count). The van der Waals surface area contributed by atoms with E-state index < -0.39 is 0 Å². The molecular weight excluding hydrogens is 238 g/mol. The van der Waals surface area contributed by atoms with Gasteiger partial charge < -0.3 is 0 Å². The lowest BCUT2D eigenvalue weighted by molar-refractivity contribution is 0.710. The highest BCUT2D eigenvalue weighted by Gasteiger charge is 2.09. The van der Waals surface area contributed by atoms with E-state index in [9.17, 15) is 4.79 Å². The van der Waals surface area contributed by atoms with Crippen molar-refractivity contribution in [3.8, 4) is 17.3 Å². The Morgan fingerprint density at radius 2 is 2.00 bits per heavy atom. The van der Waals surface area contributed by atoms with Crippen LogP contribution in [0.25, 0.3) is 11.3 Å². The van der Waals surface area contributed by atoms with Gasteiger partial charge in [-0.1, -0.05) is 23.7 Å². The Balaban J connectivity index is 2.67. The molecule has 17 heavy (non-hydrogen) atoms. The summed E-state index contributed by atoms with van der Waals surface area (Å²) in [6.07, 6.45) is 0. The van der Waals surface area contributed by atoms with E-state index in [1.54, 1.807) is 31.3 Å². The summed E-state index contributed by atoms with van der Waals surface area (Å²) >= 11 is 5.79. The largest absolute Gasteiger partial charge is 0.268 e. The van der Waals surface area contributed by atoms with Crippen LogP contribution in [0.3, 0.4) is 0 Å². The van der Waals surface area contributed by atoms with Gasteiger partial charge in [0.15, 0.2) is 0 Å². The Kier molecular flexibility index (Phi) is 2.94. The molecule has 1 aromatic heterocycles. The van der Waals surface area contributed by atoms with Crippen LogP contribution >= 0.6 is 11.6 Å². The zero-order valence-corrected chi connectivity index (χ0v) is 9.77. The van der Waals surface area contributed by atoms with E-state index in [2.05, 4.69) is 5.10 Å². The second kappa shape index (κ2) is 4.40. The van der Waals surface area contributed by atoms with Gasteiger partial charge in [0.05, 0.1) is 5.56 Å². The van der Waals surface area contributed by atoms with Crippen molar-refractivity contribution in [1.29, 1.82) is 5.26 Å². The summed E-state index contributed by atoms with van der Waals surface area (Å²) in [4.78, 5) is 11.4. The van der Waals surface area contributed by atoms with Crippen LogP contribution in [-0.4, -0.2) is 9.78 Å². The first kappa shape index (κ1) is 11.4. The van der Waals surface area contributed by atoms with Gasteiger partial charge in [-0.15, -0.1) is 0 Å². The predicted molar refractivity (Wildman–Crippen MR) is 64.6 cm³/mol. The first-order valence-corrected chi connectivity index (χ1v) is 5.24. The van der Waals surface area contributed by atoms with Gasteiger partial charge in [-0.3, -0.25) is 4.79 Å². The summed E-state index contributed by atoms with van der Waals surface area (Å²) in [5, 5.41) is 13.7. The number of nitriles is 1. The molecule has 0 atom stereocenters. The molecule has 4 nitrogen and oxygen atoms in total. The molecule has 0 aliphatic rings. The van der Waals surface area contributed by atoms with Crippen LogP contribution in [0.5, 0.6) is 0 Å². The topological polar surface area (TPSA) is 58.7 Å². The second-order valence-electron chi connectivity index (χ2n) is 3.49. The Morgan fingerprint density at radius 3 is 2.59 bits per heavy atom. The van der Waals surface area contributed by atoms with Crippen LogP contribution in [0.2, 0.25) is 5.02 Å². The quantitative estimate of drug-likeness (QED) is 0.772. The minimum Gasteiger partial charge on any atom is -0.268 e. The lowest BCUT2D eigenvalue weighted by atomic mass is 10.1. The number of nitrogens with zero attached hydrogens (tertiary/aromatic N) is 3. The first-order valence-electron chi connectivity index (χ1n) is 4.86. The zero-order chi connectivity index (χ0) is 12.4. The summed E-state index contributed by atoms with van der Waals surface area (Å²) in [6.45, 7) is 0. The highest BCUT2D eigenvalue weighted by molar-refractivity contribution is 6.30. The Morgan fingerprint density at radius 1 is 1.35 bits per heavy atom. The number of aryl methyl sites for hydroxylation is 1. The van der Waals surface area contributed by atoms with Crippen molar-refractivity contribution in [3.05, 3.63) is 51.3 Å². The van der Waals surface area contributed by atoms with Crippen LogP contribution in [0.1, 0.15) is 5.56 Å². The molecule has 0 saturated heterocycles. The maximum atomic E-state index is 11.4. The van der Waals surface area contributed by atoms with Crippen molar-refractivity contribution in [2.24, 2.45) is 7.05 Å². The van der Waals surface area contributed by atoms with Gasteiger partial charge in [0, 0.05) is 23.7 Å². The number of benzene rings is 1. The summed E-state index contributed by atoms with van der Waals surface area (Å²) < 4.78 is 1.20. The molecule has 84 valence electrons. The molecule has 1 heterocycles. The molecular formula is C12H8ClN3O. The molecule has 0 aliphatic carbocycles. The fraction of sp³-hybridized carbons (Fsp3) is 0.0833. The molecule has 0 amide bonds. The Hall–Kier alpha value is -2.12. The van der Waals surface area contributed by atoms with E-state index >= 15 is 0 Å².